The van der Waals surface area contributed by atoms with Gasteiger partial charge in [0.2, 0.25) is 5.91 Å². The third-order valence-electron chi connectivity index (χ3n) is 10.1. The second kappa shape index (κ2) is 40.6. The Bertz CT molecular complexity index is 1360. The highest BCUT2D eigenvalue weighted by Crippen LogP contribution is 2.22. The zero-order chi connectivity index (χ0) is 44.4. The number of aliphatic hydroxyl groups excluding tert-OH is 5. The van der Waals surface area contributed by atoms with Crippen molar-refractivity contribution in [3.8, 4) is 0 Å². The van der Waals surface area contributed by atoms with Gasteiger partial charge in [-0.3, -0.25) is 4.79 Å². The molecule has 1 rings (SSSR count). The van der Waals surface area contributed by atoms with Crippen LogP contribution in [-0.4, -0.2) is 87.5 Å². The Hall–Kier alpha value is -3.41. The summed E-state index contributed by atoms with van der Waals surface area (Å²) >= 11 is 0. The highest BCUT2D eigenvalue weighted by Gasteiger charge is 2.44. The molecule has 0 bridgehead atoms. The average molecular weight is 850 g/mol. The first-order valence-corrected chi connectivity index (χ1v) is 23.2. The summed E-state index contributed by atoms with van der Waals surface area (Å²) in [4.78, 5) is 12.9. The van der Waals surface area contributed by atoms with Crippen LogP contribution in [0.15, 0.2) is 122 Å². The number of carbonyl (C=O) groups is 1. The van der Waals surface area contributed by atoms with Crippen LogP contribution in [0.1, 0.15) is 142 Å². The number of hydrogen-bond donors (Lipinski definition) is 6. The van der Waals surface area contributed by atoms with Gasteiger partial charge in [0.15, 0.2) is 6.29 Å². The highest BCUT2D eigenvalue weighted by atomic mass is 16.7. The zero-order valence-electron chi connectivity index (χ0n) is 37.6. The van der Waals surface area contributed by atoms with Gasteiger partial charge in [-0.1, -0.05) is 161 Å². The van der Waals surface area contributed by atoms with E-state index in [1.165, 1.54) is 19.3 Å². The molecule has 0 aromatic heterocycles. The van der Waals surface area contributed by atoms with Crippen LogP contribution in [0, 0.1) is 0 Å². The molecule has 1 fully saturated rings. The molecule has 61 heavy (non-hydrogen) atoms. The van der Waals surface area contributed by atoms with E-state index in [2.05, 4.69) is 116 Å². The van der Waals surface area contributed by atoms with Crippen molar-refractivity contribution in [2.45, 2.75) is 185 Å². The molecule has 1 aliphatic rings. The molecular formula is C52H83NO8. The Kier molecular flexibility index (Phi) is 37.1. The summed E-state index contributed by atoms with van der Waals surface area (Å²) in [6.45, 7) is 3.36. The predicted octanol–water partition coefficient (Wildman–Crippen LogP) is 10.1. The molecular weight excluding hydrogens is 767 g/mol. The molecule has 0 aromatic rings. The van der Waals surface area contributed by atoms with E-state index in [4.69, 9.17) is 9.47 Å². The fourth-order valence-electron chi connectivity index (χ4n) is 6.41. The quantitative estimate of drug-likeness (QED) is 0.0270. The first-order valence-electron chi connectivity index (χ1n) is 23.2. The lowest BCUT2D eigenvalue weighted by molar-refractivity contribution is -0.302. The van der Waals surface area contributed by atoms with Crippen molar-refractivity contribution < 1.29 is 39.8 Å². The van der Waals surface area contributed by atoms with E-state index in [-0.39, 0.29) is 12.5 Å². The normalized spacial score (nSPS) is 21.6. The van der Waals surface area contributed by atoms with Crippen molar-refractivity contribution in [1.82, 2.24) is 5.32 Å². The molecule has 0 spiro atoms. The van der Waals surface area contributed by atoms with Crippen LogP contribution < -0.4 is 5.32 Å². The molecule has 9 nitrogen and oxygen atoms in total. The summed E-state index contributed by atoms with van der Waals surface area (Å²) in [5, 5.41) is 54.0. The second-order valence-corrected chi connectivity index (χ2v) is 15.5. The van der Waals surface area contributed by atoms with Crippen molar-refractivity contribution in [2.24, 2.45) is 0 Å². The first-order chi connectivity index (χ1) is 29.8. The van der Waals surface area contributed by atoms with Crippen LogP contribution >= 0.6 is 0 Å². The Labute approximate surface area is 369 Å². The maximum atomic E-state index is 12.9. The summed E-state index contributed by atoms with van der Waals surface area (Å²) in [6.07, 6.45) is 54.2. The standard InChI is InChI=1S/C52H83NO8/c1-3-5-7-9-11-13-14-15-16-17-18-19-20-21-22-23-24-25-26-27-28-29-30-31-32-34-36-38-40-42-48(56)53-45(46(55)41-39-37-35-33-12-10-8-6-4-2)44-60-52-51(59)50(58)49(57)47(43-54)61-52/h4-7,11-13,15-16,18-19,21-22,24-25,27-28,33,39,41,45-47,49-52,54-55,57-59H,3,8-10,14,17,20,23,26,29-32,34-38,40,42-44H2,1-2H3,(H,53,56)/b6-4+,7-5-,13-11-,16-15-,19-18-,22-21-,25-24-,28-27-,33-12+,41-39+. The van der Waals surface area contributed by atoms with Gasteiger partial charge in [-0.2, -0.15) is 0 Å². The highest BCUT2D eigenvalue weighted by molar-refractivity contribution is 5.76. The molecule has 1 aliphatic heterocycles. The third kappa shape index (κ3) is 31.1. The van der Waals surface area contributed by atoms with Gasteiger partial charge < -0.3 is 40.3 Å². The SMILES string of the molecule is C/C=C/CC/C=C/CC/C=C/C(O)C(COC1OC(CO)C(O)C(O)C1O)NC(=O)CCCCCCCCC/C=C\C/C=C\C/C=C\C/C=C\C/C=C\C/C=C\C/C=C\CC. The van der Waals surface area contributed by atoms with Crippen LogP contribution in [0.25, 0.3) is 0 Å². The fraction of sp³-hybridized carbons (Fsp3) is 0.596. The summed E-state index contributed by atoms with van der Waals surface area (Å²) < 4.78 is 11.1. The van der Waals surface area contributed by atoms with Gasteiger partial charge in [0, 0.05) is 6.42 Å². The van der Waals surface area contributed by atoms with E-state index in [1.807, 2.05) is 19.1 Å². The van der Waals surface area contributed by atoms with Gasteiger partial charge in [0.1, 0.15) is 24.4 Å². The van der Waals surface area contributed by atoms with Crippen molar-refractivity contribution in [2.75, 3.05) is 13.2 Å². The van der Waals surface area contributed by atoms with Crippen LogP contribution in [0.5, 0.6) is 0 Å². The minimum absolute atomic E-state index is 0.213. The number of unbranched alkanes of at least 4 members (excludes halogenated alkanes) is 9. The van der Waals surface area contributed by atoms with Gasteiger partial charge in [-0.25, -0.2) is 0 Å². The van der Waals surface area contributed by atoms with E-state index in [0.29, 0.717) is 12.8 Å². The van der Waals surface area contributed by atoms with E-state index in [0.717, 1.165) is 96.3 Å². The molecule has 1 saturated heterocycles. The minimum Gasteiger partial charge on any atom is -0.394 e. The topological polar surface area (TPSA) is 149 Å². The van der Waals surface area contributed by atoms with Crippen LogP contribution in [-0.2, 0) is 14.3 Å². The minimum atomic E-state index is -1.58. The molecule has 7 atom stereocenters. The number of carbonyl (C=O) groups excluding carboxylic acids is 1. The van der Waals surface area contributed by atoms with Crippen molar-refractivity contribution in [1.29, 1.82) is 0 Å². The lowest BCUT2D eigenvalue weighted by atomic mass is 9.99. The van der Waals surface area contributed by atoms with Gasteiger partial charge in [0.25, 0.3) is 0 Å². The molecule has 0 saturated carbocycles. The number of ether oxygens (including phenoxy) is 2. The second-order valence-electron chi connectivity index (χ2n) is 15.5. The average Bonchev–Trinajstić information content (AvgIpc) is 3.26. The van der Waals surface area contributed by atoms with Gasteiger partial charge in [0.05, 0.1) is 25.4 Å². The summed E-state index contributed by atoms with van der Waals surface area (Å²) in [6, 6.07) is -0.841. The zero-order valence-corrected chi connectivity index (χ0v) is 37.6. The van der Waals surface area contributed by atoms with Crippen LogP contribution in [0.3, 0.4) is 0 Å². The molecule has 0 aromatic carbocycles. The van der Waals surface area contributed by atoms with E-state index in [1.54, 1.807) is 6.08 Å². The largest absolute Gasteiger partial charge is 0.394 e. The summed E-state index contributed by atoms with van der Waals surface area (Å²) in [7, 11) is 0. The number of allylic oxidation sites excluding steroid dienone is 19. The lowest BCUT2D eigenvalue weighted by Crippen LogP contribution is -2.60. The Morgan fingerprint density at radius 1 is 0.590 bits per heavy atom. The predicted molar refractivity (Wildman–Crippen MR) is 253 cm³/mol. The van der Waals surface area contributed by atoms with Gasteiger partial charge in [-0.15, -0.1) is 0 Å². The Balaban J connectivity index is 2.25. The lowest BCUT2D eigenvalue weighted by Gasteiger charge is -2.40. The molecule has 7 unspecified atom stereocenters. The van der Waals surface area contributed by atoms with E-state index < -0.39 is 49.5 Å². The third-order valence-corrected chi connectivity index (χ3v) is 10.1. The Morgan fingerprint density at radius 3 is 1.57 bits per heavy atom. The number of nitrogens with one attached hydrogen (secondary N) is 1. The van der Waals surface area contributed by atoms with E-state index in [9.17, 15) is 30.3 Å². The van der Waals surface area contributed by atoms with Crippen molar-refractivity contribution in [3.63, 3.8) is 0 Å². The summed E-state index contributed by atoms with van der Waals surface area (Å²) in [5.41, 5.74) is 0. The number of amides is 1. The molecule has 344 valence electrons. The summed E-state index contributed by atoms with van der Waals surface area (Å²) in [5.74, 6) is -0.213. The number of hydrogen-bond acceptors (Lipinski definition) is 8. The first kappa shape index (κ1) is 55.6. The fourth-order valence-corrected chi connectivity index (χ4v) is 6.41. The molecule has 9 heteroatoms. The molecule has 0 aliphatic carbocycles. The number of rotatable bonds is 36. The molecule has 1 amide bonds. The molecule has 1 heterocycles. The number of aliphatic hydroxyl groups is 5. The molecule has 0 radical (unpaired) electrons. The van der Waals surface area contributed by atoms with E-state index >= 15 is 0 Å². The van der Waals surface area contributed by atoms with Crippen molar-refractivity contribution in [3.05, 3.63) is 122 Å². The maximum Gasteiger partial charge on any atom is 0.220 e. The monoisotopic (exact) mass is 850 g/mol. The molecule has 6 N–H and O–H groups in total. The maximum absolute atomic E-state index is 12.9. The van der Waals surface area contributed by atoms with Crippen LogP contribution in [0.2, 0.25) is 0 Å². The van der Waals surface area contributed by atoms with Crippen LogP contribution in [0.4, 0.5) is 0 Å². The Morgan fingerprint density at radius 2 is 1.05 bits per heavy atom. The van der Waals surface area contributed by atoms with Crippen molar-refractivity contribution >= 4 is 5.91 Å². The van der Waals surface area contributed by atoms with Gasteiger partial charge in [-0.05, 0) is 96.8 Å². The smallest absolute Gasteiger partial charge is 0.220 e. The van der Waals surface area contributed by atoms with Gasteiger partial charge >= 0.3 is 0 Å².